The van der Waals surface area contributed by atoms with Crippen molar-refractivity contribution in [1.29, 1.82) is 10.8 Å². The van der Waals surface area contributed by atoms with Crippen LogP contribution >= 0.6 is 0 Å². The second-order valence-corrected chi connectivity index (χ2v) is 6.09. The zero-order valence-electron chi connectivity index (χ0n) is 14.9. The molecule has 0 aliphatic rings. The van der Waals surface area contributed by atoms with Gasteiger partial charge in [-0.15, -0.1) is 0 Å². The zero-order chi connectivity index (χ0) is 18.6. The second kappa shape index (κ2) is 7.75. The van der Waals surface area contributed by atoms with Crippen LogP contribution in [0.4, 0.5) is 5.69 Å². The Morgan fingerprint density at radius 3 is 2.48 bits per heavy atom. The Balaban J connectivity index is 2.39. The number of amides is 1. The average Bonchev–Trinajstić information content (AvgIpc) is 2.59. The van der Waals surface area contributed by atoms with Crippen LogP contribution in [0.5, 0.6) is 0 Å². The highest BCUT2D eigenvalue weighted by Crippen LogP contribution is 2.31. The fourth-order valence-electron chi connectivity index (χ4n) is 2.71. The Kier molecular flexibility index (Phi) is 5.70. The predicted octanol–water partition coefficient (Wildman–Crippen LogP) is 3.47. The van der Waals surface area contributed by atoms with Gasteiger partial charge in [0, 0.05) is 23.4 Å². The standard InChI is InChI=1S/C20H24N4O/c1-4-10-24-20(25)19(23)18(22)16-7-5-6-15(17(16)21)14-9-8-12(2)11-13(14)3/h5-9,11,22-23H,4,10,21H2,1-3H3,(H,24,25). The lowest BCUT2D eigenvalue weighted by atomic mass is 9.93. The monoisotopic (exact) mass is 336 g/mol. The largest absolute Gasteiger partial charge is 0.398 e. The number of hydrogen-bond acceptors (Lipinski definition) is 4. The molecule has 0 atom stereocenters. The Morgan fingerprint density at radius 1 is 1.12 bits per heavy atom. The summed E-state index contributed by atoms with van der Waals surface area (Å²) in [6.45, 7) is 6.45. The second-order valence-electron chi connectivity index (χ2n) is 6.09. The Labute approximate surface area is 148 Å². The molecule has 0 spiro atoms. The van der Waals surface area contributed by atoms with Crippen LogP contribution in [0.2, 0.25) is 0 Å². The van der Waals surface area contributed by atoms with E-state index in [1.165, 1.54) is 0 Å². The van der Waals surface area contributed by atoms with Crippen LogP contribution in [0, 0.1) is 24.7 Å². The summed E-state index contributed by atoms with van der Waals surface area (Å²) < 4.78 is 0. The molecule has 2 rings (SSSR count). The first-order chi connectivity index (χ1) is 11.9. The Morgan fingerprint density at radius 2 is 1.84 bits per heavy atom. The number of para-hydroxylation sites is 1. The molecule has 0 unspecified atom stereocenters. The summed E-state index contributed by atoms with van der Waals surface area (Å²) in [7, 11) is 0. The van der Waals surface area contributed by atoms with E-state index in [1.54, 1.807) is 12.1 Å². The molecule has 0 aliphatic carbocycles. The van der Waals surface area contributed by atoms with Crippen LogP contribution in [0.3, 0.4) is 0 Å². The maximum Gasteiger partial charge on any atom is 0.271 e. The van der Waals surface area contributed by atoms with Crippen molar-refractivity contribution in [2.45, 2.75) is 27.2 Å². The van der Waals surface area contributed by atoms with E-state index in [2.05, 4.69) is 11.4 Å². The van der Waals surface area contributed by atoms with Gasteiger partial charge in [-0.3, -0.25) is 15.6 Å². The van der Waals surface area contributed by atoms with Gasteiger partial charge in [-0.05, 0) is 31.4 Å². The summed E-state index contributed by atoms with van der Waals surface area (Å²) in [6.07, 6.45) is 0.774. The number of carbonyl (C=O) groups is 1. The minimum Gasteiger partial charge on any atom is -0.398 e. The third-order valence-corrected chi connectivity index (χ3v) is 4.06. The average molecular weight is 336 g/mol. The SMILES string of the molecule is CCCNC(=O)C(=N)C(=N)c1cccc(-c2ccc(C)cc2C)c1N. The molecular weight excluding hydrogens is 312 g/mol. The summed E-state index contributed by atoms with van der Waals surface area (Å²) in [5.74, 6) is -0.553. The van der Waals surface area contributed by atoms with Crippen LogP contribution in [0.15, 0.2) is 36.4 Å². The smallest absolute Gasteiger partial charge is 0.271 e. The molecule has 2 aromatic rings. The zero-order valence-corrected chi connectivity index (χ0v) is 14.9. The molecule has 2 aromatic carbocycles. The van der Waals surface area contributed by atoms with Gasteiger partial charge in [0.25, 0.3) is 5.91 Å². The van der Waals surface area contributed by atoms with E-state index in [4.69, 9.17) is 16.6 Å². The fraction of sp³-hybridized carbons (Fsp3) is 0.250. The third-order valence-electron chi connectivity index (χ3n) is 4.06. The van der Waals surface area contributed by atoms with E-state index in [1.807, 2.05) is 39.0 Å². The van der Waals surface area contributed by atoms with Crippen molar-refractivity contribution >= 4 is 23.0 Å². The van der Waals surface area contributed by atoms with Gasteiger partial charge in [-0.1, -0.05) is 48.9 Å². The number of nitrogen functional groups attached to an aromatic ring is 1. The predicted molar refractivity (Wildman–Crippen MR) is 104 cm³/mol. The summed E-state index contributed by atoms with van der Waals surface area (Å²) in [5, 5.41) is 18.8. The summed E-state index contributed by atoms with van der Waals surface area (Å²) in [5.41, 5.74) is 10.6. The first-order valence-corrected chi connectivity index (χ1v) is 8.29. The molecule has 0 bridgehead atoms. The summed E-state index contributed by atoms with van der Waals surface area (Å²) >= 11 is 0. The molecule has 0 saturated heterocycles. The minimum atomic E-state index is -0.553. The van der Waals surface area contributed by atoms with Gasteiger partial charge >= 0.3 is 0 Å². The van der Waals surface area contributed by atoms with E-state index in [0.29, 0.717) is 17.8 Å². The maximum absolute atomic E-state index is 12.0. The molecule has 5 nitrogen and oxygen atoms in total. The first kappa shape index (κ1) is 18.4. The van der Waals surface area contributed by atoms with Gasteiger partial charge in [0.15, 0.2) is 0 Å². The maximum atomic E-state index is 12.0. The number of anilines is 1. The highest BCUT2D eigenvalue weighted by molar-refractivity contribution is 6.68. The van der Waals surface area contributed by atoms with E-state index < -0.39 is 5.91 Å². The molecule has 0 heterocycles. The van der Waals surface area contributed by atoms with Crippen LogP contribution in [0.25, 0.3) is 11.1 Å². The van der Waals surface area contributed by atoms with Crippen LogP contribution in [-0.4, -0.2) is 23.9 Å². The Bertz CT molecular complexity index is 840. The van der Waals surface area contributed by atoms with Gasteiger partial charge in [-0.25, -0.2) is 0 Å². The lowest BCUT2D eigenvalue weighted by Crippen LogP contribution is -2.36. The van der Waals surface area contributed by atoms with E-state index in [-0.39, 0.29) is 11.4 Å². The van der Waals surface area contributed by atoms with Crippen molar-refractivity contribution < 1.29 is 4.79 Å². The van der Waals surface area contributed by atoms with Crippen LogP contribution in [-0.2, 0) is 4.79 Å². The quantitative estimate of drug-likeness (QED) is 0.479. The molecular formula is C20H24N4O. The van der Waals surface area contributed by atoms with E-state index >= 15 is 0 Å². The lowest BCUT2D eigenvalue weighted by Gasteiger charge is -2.14. The highest BCUT2D eigenvalue weighted by atomic mass is 16.1. The highest BCUT2D eigenvalue weighted by Gasteiger charge is 2.19. The number of carbonyl (C=O) groups excluding carboxylic acids is 1. The molecule has 1 amide bonds. The molecule has 25 heavy (non-hydrogen) atoms. The first-order valence-electron chi connectivity index (χ1n) is 8.29. The number of aryl methyl sites for hydroxylation is 2. The fourth-order valence-corrected chi connectivity index (χ4v) is 2.71. The van der Waals surface area contributed by atoms with Gasteiger partial charge in [0.05, 0.1) is 5.71 Å². The molecule has 5 heteroatoms. The van der Waals surface area contributed by atoms with Crippen molar-refractivity contribution in [1.82, 2.24) is 5.32 Å². The number of hydrogen-bond donors (Lipinski definition) is 4. The normalized spacial score (nSPS) is 10.4. The topological polar surface area (TPSA) is 103 Å². The number of benzene rings is 2. The number of nitrogens with two attached hydrogens (primary N) is 1. The molecule has 0 fully saturated rings. The molecule has 0 aromatic heterocycles. The molecule has 0 saturated carbocycles. The minimum absolute atomic E-state index is 0.169. The van der Waals surface area contributed by atoms with Crippen molar-refractivity contribution in [3.8, 4) is 11.1 Å². The Hall–Kier alpha value is -2.95. The summed E-state index contributed by atoms with van der Waals surface area (Å²) in [4.78, 5) is 12.0. The van der Waals surface area contributed by atoms with Gasteiger partial charge < -0.3 is 11.1 Å². The third kappa shape index (κ3) is 3.94. The summed E-state index contributed by atoms with van der Waals surface area (Å²) in [6, 6.07) is 11.5. The lowest BCUT2D eigenvalue weighted by molar-refractivity contribution is -0.114. The van der Waals surface area contributed by atoms with Crippen LogP contribution in [0.1, 0.15) is 30.0 Å². The van der Waals surface area contributed by atoms with E-state index in [9.17, 15) is 4.79 Å². The van der Waals surface area contributed by atoms with E-state index in [0.717, 1.165) is 28.7 Å². The van der Waals surface area contributed by atoms with Crippen molar-refractivity contribution in [3.05, 3.63) is 53.1 Å². The van der Waals surface area contributed by atoms with Gasteiger partial charge in [-0.2, -0.15) is 0 Å². The number of rotatable bonds is 6. The van der Waals surface area contributed by atoms with Crippen molar-refractivity contribution in [3.63, 3.8) is 0 Å². The van der Waals surface area contributed by atoms with Gasteiger partial charge in [0.1, 0.15) is 5.71 Å². The molecule has 0 aliphatic heterocycles. The molecule has 5 N–H and O–H groups in total. The molecule has 0 radical (unpaired) electrons. The van der Waals surface area contributed by atoms with Gasteiger partial charge in [0.2, 0.25) is 0 Å². The number of nitrogens with one attached hydrogen (secondary N) is 3. The molecule has 130 valence electrons. The van der Waals surface area contributed by atoms with Crippen LogP contribution < -0.4 is 11.1 Å². The van der Waals surface area contributed by atoms with Crippen molar-refractivity contribution in [2.24, 2.45) is 0 Å². The van der Waals surface area contributed by atoms with Crippen molar-refractivity contribution in [2.75, 3.05) is 12.3 Å².